The highest BCUT2D eigenvalue weighted by Gasteiger charge is 2.06. The molecule has 0 aliphatic rings. The zero-order valence-corrected chi connectivity index (χ0v) is 13.6. The van der Waals surface area contributed by atoms with Gasteiger partial charge < -0.3 is 15.0 Å². The van der Waals surface area contributed by atoms with E-state index in [9.17, 15) is 4.79 Å². The van der Waals surface area contributed by atoms with Gasteiger partial charge in [-0.2, -0.15) is 0 Å². The van der Waals surface area contributed by atoms with Crippen LogP contribution in [0.15, 0.2) is 53.3 Å². The minimum atomic E-state index is -0.261. The number of hydrogen-bond donors (Lipinski definition) is 2. The molecule has 112 valence electrons. The quantitative estimate of drug-likeness (QED) is 0.749. The van der Waals surface area contributed by atoms with Crippen molar-refractivity contribution < 1.29 is 4.79 Å². The number of fused-ring (bicyclic) bond motifs is 1. The van der Waals surface area contributed by atoms with Gasteiger partial charge in [-0.3, -0.25) is 0 Å². The molecule has 0 fully saturated rings. The molecule has 0 saturated heterocycles. The first-order valence-corrected chi connectivity index (χ1v) is 7.65. The van der Waals surface area contributed by atoms with Crippen LogP contribution in [0.4, 0.5) is 10.5 Å². The van der Waals surface area contributed by atoms with Crippen molar-refractivity contribution in [1.82, 2.24) is 14.7 Å². The lowest BCUT2D eigenvalue weighted by molar-refractivity contribution is 0.251. The number of aryl methyl sites for hydroxylation is 1. The first-order valence-electron chi connectivity index (χ1n) is 6.85. The number of rotatable bonds is 3. The summed E-state index contributed by atoms with van der Waals surface area (Å²) in [7, 11) is 0. The highest BCUT2D eigenvalue weighted by atomic mass is 79.9. The normalized spacial score (nSPS) is 10.6. The number of benzene rings is 1. The van der Waals surface area contributed by atoms with E-state index in [1.807, 2.05) is 53.9 Å². The van der Waals surface area contributed by atoms with Gasteiger partial charge in [-0.05, 0) is 36.8 Å². The predicted octanol–water partition coefficient (Wildman–Crippen LogP) is 3.73. The van der Waals surface area contributed by atoms with Gasteiger partial charge in [0.15, 0.2) is 0 Å². The molecule has 3 aromatic rings. The topological polar surface area (TPSA) is 58.4 Å². The van der Waals surface area contributed by atoms with Gasteiger partial charge in [0.1, 0.15) is 5.82 Å². The third-order valence-electron chi connectivity index (χ3n) is 3.35. The number of nitrogens with zero attached hydrogens (tertiary/aromatic N) is 2. The molecule has 6 heteroatoms. The van der Waals surface area contributed by atoms with E-state index in [0.717, 1.165) is 27.1 Å². The Balaban J connectivity index is 1.63. The number of amides is 2. The third kappa shape index (κ3) is 3.12. The second kappa shape index (κ2) is 6.19. The van der Waals surface area contributed by atoms with Crippen molar-refractivity contribution in [2.45, 2.75) is 13.5 Å². The van der Waals surface area contributed by atoms with Crippen molar-refractivity contribution in [2.24, 2.45) is 0 Å². The summed E-state index contributed by atoms with van der Waals surface area (Å²) in [5, 5.41) is 5.61. The van der Waals surface area contributed by atoms with Gasteiger partial charge in [-0.25, -0.2) is 9.78 Å². The van der Waals surface area contributed by atoms with Crippen LogP contribution < -0.4 is 10.6 Å². The van der Waals surface area contributed by atoms with Crippen LogP contribution in [0.2, 0.25) is 0 Å². The molecule has 0 bridgehead atoms. The number of pyridine rings is 1. The summed E-state index contributed by atoms with van der Waals surface area (Å²) in [4.78, 5) is 16.3. The molecule has 0 radical (unpaired) electrons. The Morgan fingerprint density at radius 3 is 3.00 bits per heavy atom. The fourth-order valence-corrected chi connectivity index (χ4v) is 2.51. The average molecular weight is 359 g/mol. The van der Waals surface area contributed by atoms with E-state index < -0.39 is 0 Å². The Morgan fingerprint density at radius 2 is 2.18 bits per heavy atom. The van der Waals surface area contributed by atoms with Gasteiger partial charge in [-0.1, -0.05) is 28.1 Å². The molecule has 5 nitrogen and oxygen atoms in total. The summed E-state index contributed by atoms with van der Waals surface area (Å²) in [6.07, 6.45) is 3.71. The Bertz CT molecular complexity index is 828. The number of anilines is 1. The monoisotopic (exact) mass is 358 g/mol. The fourth-order valence-electron chi connectivity index (χ4n) is 2.14. The molecule has 0 aliphatic heterocycles. The maximum atomic E-state index is 12.0. The lowest BCUT2D eigenvalue weighted by atomic mass is 10.2. The number of carbonyl (C=O) groups is 1. The number of carbonyl (C=O) groups excluding carboxylic acids is 1. The van der Waals surface area contributed by atoms with Crippen molar-refractivity contribution >= 4 is 33.2 Å². The van der Waals surface area contributed by atoms with Crippen molar-refractivity contribution in [3.8, 4) is 0 Å². The molecule has 2 N–H and O–H groups in total. The van der Waals surface area contributed by atoms with Gasteiger partial charge in [0, 0.05) is 16.4 Å². The lowest BCUT2D eigenvalue weighted by Crippen LogP contribution is -2.29. The molecule has 3 rings (SSSR count). The molecule has 0 aliphatic carbocycles. The van der Waals surface area contributed by atoms with Crippen molar-refractivity contribution in [2.75, 3.05) is 5.32 Å². The predicted molar refractivity (Wildman–Crippen MR) is 89.9 cm³/mol. The molecule has 0 unspecified atom stereocenters. The third-order valence-corrected chi connectivity index (χ3v) is 4.21. The summed E-state index contributed by atoms with van der Waals surface area (Å²) < 4.78 is 2.91. The number of urea groups is 1. The second-order valence-electron chi connectivity index (χ2n) is 4.94. The Labute approximate surface area is 136 Å². The molecule has 0 saturated carbocycles. The van der Waals surface area contributed by atoms with Crippen LogP contribution >= 0.6 is 15.9 Å². The van der Waals surface area contributed by atoms with E-state index in [0.29, 0.717) is 6.54 Å². The van der Waals surface area contributed by atoms with Crippen LogP contribution in [-0.4, -0.2) is 15.4 Å². The van der Waals surface area contributed by atoms with Gasteiger partial charge in [-0.15, -0.1) is 0 Å². The molecule has 1 aromatic carbocycles. The first kappa shape index (κ1) is 14.6. The average Bonchev–Trinajstić information content (AvgIpc) is 2.92. The van der Waals surface area contributed by atoms with Crippen LogP contribution in [0.25, 0.3) is 5.52 Å². The van der Waals surface area contributed by atoms with Gasteiger partial charge >= 0.3 is 6.03 Å². The summed E-state index contributed by atoms with van der Waals surface area (Å²) in [5.74, 6) is 0.788. The summed E-state index contributed by atoms with van der Waals surface area (Å²) in [6.45, 7) is 2.36. The number of imidazole rings is 1. The largest absolute Gasteiger partial charge is 0.331 e. The summed E-state index contributed by atoms with van der Waals surface area (Å²) >= 11 is 3.45. The fraction of sp³-hybridized carbons (Fsp3) is 0.125. The van der Waals surface area contributed by atoms with Crippen LogP contribution in [0.5, 0.6) is 0 Å². The summed E-state index contributed by atoms with van der Waals surface area (Å²) in [5.41, 5.74) is 2.86. The van der Waals surface area contributed by atoms with Gasteiger partial charge in [0.2, 0.25) is 0 Å². The van der Waals surface area contributed by atoms with E-state index in [4.69, 9.17) is 0 Å². The maximum absolute atomic E-state index is 12.0. The standard InChI is InChI=1S/C16H15BrN4O/c1-11-5-6-12(8-14(11)17)20-16(22)19-10-15-18-9-13-4-2-3-7-21(13)15/h2-9H,10H2,1H3,(H2,19,20,22). The highest BCUT2D eigenvalue weighted by Crippen LogP contribution is 2.20. The molecule has 0 spiro atoms. The van der Waals surface area contributed by atoms with Crippen LogP contribution in [-0.2, 0) is 6.54 Å². The SMILES string of the molecule is Cc1ccc(NC(=O)NCc2ncc3ccccn23)cc1Br. The Hall–Kier alpha value is -2.34. The number of aromatic nitrogens is 2. The Morgan fingerprint density at radius 1 is 1.32 bits per heavy atom. The van der Waals surface area contributed by atoms with E-state index >= 15 is 0 Å². The number of hydrogen-bond acceptors (Lipinski definition) is 2. The van der Waals surface area contributed by atoms with Gasteiger partial charge in [0.25, 0.3) is 0 Å². The zero-order valence-electron chi connectivity index (χ0n) is 12.0. The van der Waals surface area contributed by atoms with E-state index in [1.54, 1.807) is 6.20 Å². The van der Waals surface area contributed by atoms with Gasteiger partial charge in [0.05, 0.1) is 18.3 Å². The molecule has 2 heterocycles. The molecule has 0 atom stereocenters. The van der Waals surface area contributed by atoms with E-state index in [1.165, 1.54) is 0 Å². The van der Waals surface area contributed by atoms with Crippen molar-refractivity contribution in [3.63, 3.8) is 0 Å². The molecular formula is C16H15BrN4O. The summed E-state index contributed by atoms with van der Waals surface area (Å²) in [6, 6.07) is 11.3. The first-order chi connectivity index (χ1) is 10.6. The number of halogens is 1. The smallest absolute Gasteiger partial charge is 0.319 e. The van der Waals surface area contributed by atoms with Crippen LogP contribution in [0.1, 0.15) is 11.4 Å². The van der Waals surface area contributed by atoms with E-state index in [2.05, 4.69) is 31.5 Å². The van der Waals surface area contributed by atoms with Crippen molar-refractivity contribution in [1.29, 1.82) is 0 Å². The highest BCUT2D eigenvalue weighted by molar-refractivity contribution is 9.10. The van der Waals surface area contributed by atoms with Crippen LogP contribution in [0, 0.1) is 6.92 Å². The minimum Gasteiger partial charge on any atom is -0.331 e. The molecule has 2 aromatic heterocycles. The second-order valence-corrected chi connectivity index (χ2v) is 5.80. The van der Waals surface area contributed by atoms with Crippen molar-refractivity contribution in [3.05, 3.63) is 64.7 Å². The number of nitrogens with one attached hydrogen (secondary N) is 2. The lowest BCUT2D eigenvalue weighted by Gasteiger charge is -2.08. The maximum Gasteiger partial charge on any atom is 0.319 e. The molecule has 2 amide bonds. The minimum absolute atomic E-state index is 0.261. The van der Waals surface area contributed by atoms with Crippen LogP contribution in [0.3, 0.4) is 0 Å². The van der Waals surface area contributed by atoms with E-state index in [-0.39, 0.29) is 6.03 Å². The molecular weight excluding hydrogens is 344 g/mol. The zero-order chi connectivity index (χ0) is 15.5. The Kier molecular flexibility index (Phi) is 4.11. The molecule has 22 heavy (non-hydrogen) atoms.